The van der Waals surface area contributed by atoms with Gasteiger partial charge in [-0.25, -0.2) is 0 Å². The van der Waals surface area contributed by atoms with Gasteiger partial charge < -0.3 is 9.84 Å². The van der Waals surface area contributed by atoms with Crippen LogP contribution in [0.1, 0.15) is 17.0 Å². The molecule has 1 heterocycles. The number of methoxy groups -OCH3 is 1. The second kappa shape index (κ2) is 5.60. The van der Waals surface area contributed by atoms with E-state index < -0.39 is 0 Å². The molecule has 5 heteroatoms. The summed E-state index contributed by atoms with van der Waals surface area (Å²) in [6.07, 6.45) is 3.74. The van der Waals surface area contributed by atoms with E-state index in [0.717, 1.165) is 17.0 Å². The van der Waals surface area contributed by atoms with Crippen LogP contribution in [0.3, 0.4) is 0 Å². The molecule has 0 aliphatic rings. The summed E-state index contributed by atoms with van der Waals surface area (Å²) < 4.78 is 5.04. The summed E-state index contributed by atoms with van der Waals surface area (Å²) in [5.41, 5.74) is 2.59. The quantitative estimate of drug-likeness (QED) is 0.835. The number of aromatic amines is 1. The van der Waals surface area contributed by atoms with E-state index in [2.05, 4.69) is 10.2 Å². The smallest absolute Gasteiger partial charge is 0.161 e. The number of nitrogens with zero attached hydrogens (tertiary/aromatic N) is 1. The lowest BCUT2D eigenvalue weighted by Crippen LogP contribution is -1.84. The highest BCUT2D eigenvalue weighted by molar-refractivity contribution is 6.16. The first-order valence-corrected chi connectivity index (χ1v) is 5.91. The van der Waals surface area contributed by atoms with Crippen LogP contribution < -0.4 is 4.74 Å². The maximum atomic E-state index is 9.47. The van der Waals surface area contributed by atoms with Crippen LogP contribution in [0.25, 0.3) is 12.2 Å². The largest absolute Gasteiger partial charge is 0.504 e. The van der Waals surface area contributed by atoms with Gasteiger partial charge in [-0.15, -0.1) is 11.6 Å². The Morgan fingerprint density at radius 1 is 1.39 bits per heavy atom. The van der Waals surface area contributed by atoms with Gasteiger partial charge in [-0.2, -0.15) is 5.10 Å². The van der Waals surface area contributed by atoms with E-state index in [1.54, 1.807) is 18.2 Å². The second-order valence-electron chi connectivity index (χ2n) is 3.72. The first-order chi connectivity index (χ1) is 8.72. The molecule has 0 saturated carbocycles. The summed E-state index contributed by atoms with van der Waals surface area (Å²) in [6.45, 7) is 0. The van der Waals surface area contributed by atoms with Gasteiger partial charge in [0.05, 0.1) is 24.4 Å². The van der Waals surface area contributed by atoms with E-state index >= 15 is 0 Å². The fraction of sp³-hybridized carbons (Fsp3) is 0.154. The zero-order valence-corrected chi connectivity index (χ0v) is 10.6. The summed E-state index contributed by atoms with van der Waals surface area (Å²) in [4.78, 5) is 0. The molecule has 0 spiro atoms. The van der Waals surface area contributed by atoms with Crippen LogP contribution in [-0.2, 0) is 5.88 Å². The summed E-state index contributed by atoms with van der Waals surface area (Å²) in [5.74, 6) is 0.980. The molecule has 1 aromatic heterocycles. The highest BCUT2D eigenvalue weighted by Crippen LogP contribution is 2.26. The number of rotatable bonds is 4. The van der Waals surface area contributed by atoms with E-state index in [1.165, 1.54) is 7.11 Å². The summed E-state index contributed by atoms with van der Waals surface area (Å²) in [7, 11) is 1.52. The van der Waals surface area contributed by atoms with E-state index in [1.807, 2.05) is 18.2 Å². The molecule has 0 unspecified atom stereocenters. The van der Waals surface area contributed by atoms with Crippen molar-refractivity contribution in [3.63, 3.8) is 0 Å². The Labute approximate surface area is 110 Å². The van der Waals surface area contributed by atoms with Crippen LogP contribution in [-0.4, -0.2) is 22.4 Å². The van der Waals surface area contributed by atoms with Crippen molar-refractivity contribution in [1.82, 2.24) is 10.2 Å². The molecule has 94 valence electrons. The Bertz CT molecular complexity index is 564. The van der Waals surface area contributed by atoms with Crippen LogP contribution in [0.4, 0.5) is 0 Å². The van der Waals surface area contributed by atoms with Gasteiger partial charge in [-0.3, -0.25) is 5.10 Å². The van der Waals surface area contributed by atoms with Crippen molar-refractivity contribution in [2.45, 2.75) is 5.88 Å². The number of aromatic nitrogens is 2. The van der Waals surface area contributed by atoms with E-state index in [4.69, 9.17) is 16.3 Å². The number of aromatic hydroxyl groups is 1. The molecule has 18 heavy (non-hydrogen) atoms. The molecule has 0 amide bonds. The zero-order chi connectivity index (χ0) is 13.0. The SMILES string of the molecule is COc1cc(C=Cc2cc(CCl)[nH]n2)ccc1O. The maximum Gasteiger partial charge on any atom is 0.161 e. The Morgan fingerprint density at radius 2 is 2.22 bits per heavy atom. The van der Waals surface area contributed by atoms with E-state index in [-0.39, 0.29) is 5.75 Å². The molecule has 0 atom stereocenters. The number of hydrogen-bond donors (Lipinski definition) is 2. The van der Waals surface area contributed by atoms with Gasteiger partial charge in [-0.05, 0) is 29.8 Å². The Hall–Kier alpha value is -1.94. The molecular weight excluding hydrogens is 252 g/mol. The van der Waals surface area contributed by atoms with Crippen molar-refractivity contribution >= 4 is 23.8 Å². The van der Waals surface area contributed by atoms with Gasteiger partial charge in [0.15, 0.2) is 11.5 Å². The fourth-order valence-electron chi connectivity index (χ4n) is 1.51. The van der Waals surface area contributed by atoms with Gasteiger partial charge in [0.2, 0.25) is 0 Å². The number of hydrogen-bond acceptors (Lipinski definition) is 3. The number of alkyl halides is 1. The Morgan fingerprint density at radius 3 is 2.89 bits per heavy atom. The van der Waals surface area contributed by atoms with Crippen molar-refractivity contribution in [1.29, 1.82) is 0 Å². The van der Waals surface area contributed by atoms with Gasteiger partial charge >= 0.3 is 0 Å². The number of H-pyrrole nitrogens is 1. The van der Waals surface area contributed by atoms with Gasteiger partial charge in [0.1, 0.15) is 0 Å². The number of halogens is 1. The number of nitrogens with one attached hydrogen (secondary N) is 1. The molecule has 0 radical (unpaired) electrons. The van der Waals surface area contributed by atoms with Crippen molar-refractivity contribution < 1.29 is 9.84 Å². The van der Waals surface area contributed by atoms with Gasteiger partial charge in [0.25, 0.3) is 0 Å². The van der Waals surface area contributed by atoms with Crippen LogP contribution in [0.5, 0.6) is 11.5 Å². The maximum absolute atomic E-state index is 9.47. The molecule has 1 aromatic carbocycles. The first-order valence-electron chi connectivity index (χ1n) is 5.38. The average molecular weight is 265 g/mol. The summed E-state index contributed by atoms with van der Waals surface area (Å²) in [6, 6.07) is 7.01. The Balaban J connectivity index is 2.17. The monoisotopic (exact) mass is 264 g/mol. The number of benzene rings is 1. The third-order valence-electron chi connectivity index (χ3n) is 2.45. The normalized spacial score (nSPS) is 11.0. The highest BCUT2D eigenvalue weighted by atomic mass is 35.5. The molecule has 0 saturated heterocycles. The van der Waals surface area contributed by atoms with E-state index in [0.29, 0.717) is 11.6 Å². The fourth-order valence-corrected chi connectivity index (χ4v) is 1.65. The minimum atomic E-state index is 0.124. The molecule has 2 N–H and O–H groups in total. The number of phenolic OH excluding ortho intramolecular Hbond substituents is 1. The van der Waals surface area contributed by atoms with Crippen molar-refractivity contribution in [2.75, 3.05) is 7.11 Å². The third-order valence-corrected chi connectivity index (χ3v) is 2.73. The van der Waals surface area contributed by atoms with Crippen molar-refractivity contribution in [2.24, 2.45) is 0 Å². The lowest BCUT2D eigenvalue weighted by Gasteiger charge is -2.03. The van der Waals surface area contributed by atoms with Gasteiger partial charge in [-0.1, -0.05) is 12.1 Å². The first kappa shape index (κ1) is 12.5. The molecule has 2 aromatic rings. The van der Waals surface area contributed by atoms with Crippen LogP contribution >= 0.6 is 11.6 Å². The molecular formula is C13H13ClN2O2. The molecule has 2 rings (SSSR count). The number of phenols is 1. The van der Waals surface area contributed by atoms with Crippen molar-refractivity contribution in [3.8, 4) is 11.5 Å². The molecule has 0 bridgehead atoms. The van der Waals surface area contributed by atoms with Crippen LogP contribution in [0.15, 0.2) is 24.3 Å². The minimum absolute atomic E-state index is 0.124. The second-order valence-corrected chi connectivity index (χ2v) is 3.98. The molecule has 0 fully saturated rings. The van der Waals surface area contributed by atoms with Crippen LogP contribution in [0.2, 0.25) is 0 Å². The van der Waals surface area contributed by atoms with E-state index in [9.17, 15) is 5.11 Å². The van der Waals surface area contributed by atoms with Gasteiger partial charge in [0, 0.05) is 0 Å². The average Bonchev–Trinajstić information content (AvgIpc) is 2.86. The predicted octanol–water partition coefficient (Wildman–Crippen LogP) is 3.03. The molecule has 0 aliphatic carbocycles. The topological polar surface area (TPSA) is 58.1 Å². The Kier molecular flexibility index (Phi) is 3.89. The van der Waals surface area contributed by atoms with Crippen molar-refractivity contribution in [3.05, 3.63) is 41.2 Å². The third kappa shape index (κ3) is 2.84. The summed E-state index contributed by atoms with van der Waals surface area (Å²) in [5, 5.41) is 16.4. The lowest BCUT2D eigenvalue weighted by molar-refractivity contribution is 0.373. The standard InChI is InChI=1S/C13H13ClN2O2/c1-18-13-6-9(3-5-12(13)17)2-4-10-7-11(8-14)16-15-10/h2-7,17H,8H2,1H3,(H,15,16). The molecule has 4 nitrogen and oxygen atoms in total. The lowest BCUT2D eigenvalue weighted by atomic mass is 10.2. The minimum Gasteiger partial charge on any atom is -0.504 e. The molecule has 0 aliphatic heterocycles. The van der Waals surface area contributed by atoms with Crippen LogP contribution in [0, 0.1) is 0 Å². The zero-order valence-electron chi connectivity index (χ0n) is 9.85. The highest BCUT2D eigenvalue weighted by Gasteiger charge is 2.01. The predicted molar refractivity (Wildman–Crippen MR) is 71.7 cm³/mol. The number of ether oxygens (including phenoxy) is 1. The summed E-state index contributed by atoms with van der Waals surface area (Å²) >= 11 is 5.67.